The summed E-state index contributed by atoms with van der Waals surface area (Å²) in [6.07, 6.45) is 0.433. The van der Waals surface area contributed by atoms with Crippen molar-refractivity contribution >= 4 is 0 Å². The van der Waals surface area contributed by atoms with Gasteiger partial charge in [-0.1, -0.05) is 44.2 Å². The van der Waals surface area contributed by atoms with Gasteiger partial charge >= 0.3 is 0 Å². The van der Waals surface area contributed by atoms with E-state index in [2.05, 4.69) is 0 Å². The van der Waals surface area contributed by atoms with Gasteiger partial charge in [-0.25, -0.2) is 4.57 Å². The molecule has 0 bridgehead atoms. The van der Waals surface area contributed by atoms with E-state index in [9.17, 15) is 0 Å². The molecule has 0 spiro atoms. The van der Waals surface area contributed by atoms with Gasteiger partial charge < -0.3 is 0 Å². The normalized spacial score (nSPS) is 15.0. The van der Waals surface area contributed by atoms with Gasteiger partial charge in [-0.3, -0.25) is 0 Å². The number of aromatic nitrogens is 1. The lowest BCUT2D eigenvalue weighted by molar-refractivity contribution is -0.660. The summed E-state index contributed by atoms with van der Waals surface area (Å²) >= 11 is 0. The van der Waals surface area contributed by atoms with Crippen molar-refractivity contribution in [1.29, 1.82) is 0 Å². The number of hydrogen-bond acceptors (Lipinski definition) is 0. The van der Waals surface area contributed by atoms with E-state index in [1.807, 2.05) is 88.8 Å². The Labute approximate surface area is 171 Å². The van der Waals surface area contributed by atoms with Crippen LogP contribution in [0.25, 0.3) is 22.4 Å². The smallest absolute Gasteiger partial charge is 0.201 e. The highest BCUT2D eigenvalue weighted by atomic mass is 14.9. The molecule has 0 aliphatic carbocycles. The van der Waals surface area contributed by atoms with Crippen LogP contribution in [0.1, 0.15) is 48.5 Å². The number of aryl methyl sites for hydroxylation is 5. The van der Waals surface area contributed by atoms with E-state index in [1.165, 1.54) is 0 Å². The summed E-state index contributed by atoms with van der Waals surface area (Å²) in [6.45, 7) is 7.41. The first-order chi connectivity index (χ1) is 14.7. The molecule has 3 rings (SSSR count). The Morgan fingerprint density at radius 1 is 0.889 bits per heavy atom. The van der Waals surface area contributed by atoms with Crippen molar-refractivity contribution in [2.75, 3.05) is 0 Å². The molecule has 27 heavy (non-hydrogen) atoms. The van der Waals surface area contributed by atoms with E-state index >= 15 is 0 Å². The van der Waals surface area contributed by atoms with Crippen molar-refractivity contribution in [2.45, 2.75) is 47.8 Å². The van der Waals surface area contributed by atoms with Gasteiger partial charge in [-0.2, -0.15) is 0 Å². The van der Waals surface area contributed by atoms with Crippen LogP contribution in [-0.4, -0.2) is 0 Å². The first-order valence-corrected chi connectivity index (χ1v) is 9.47. The van der Waals surface area contributed by atoms with Crippen LogP contribution in [0.15, 0.2) is 48.7 Å². The van der Waals surface area contributed by atoms with Gasteiger partial charge in [0.05, 0.1) is 0 Å². The third-order valence-electron chi connectivity index (χ3n) is 5.00. The lowest BCUT2D eigenvalue weighted by Gasteiger charge is -2.15. The topological polar surface area (TPSA) is 3.88 Å². The van der Waals surface area contributed by atoms with Gasteiger partial charge in [0.15, 0.2) is 6.20 Å². The molecule has 1 nitrogen and oxygen atoms in total. The van der Waals surface area contributed by atoms with Crippen LogP contribution in [0.3, 0.4) is 0 Å². The highest BCUT2D eigenvalue weighted by Crippen LogP contribution is 2.33. The van der Waals surface area contributed by atoms with Gasteiger partial charge in [-0.15, -0.1) is 0 Å². The fraction of sp³-hybridized carbons (Fsp3) is 0.346. The number of benzene rings is 2. The SMILES string of the molecule is [2H]C([2H])([2H])c1cc(C)c(-c2cc(C)c(C([2H])([2H])C(C)C)c[n+]2C)cc1-c1ccccc1C. The molecular weight excluding hydrogens is 326 g/mol. The van der Waals surface area contributed by atoms with E-state index in [4.69, 9.17) is 6.85 Å². The Bertz CT molecular complexity index is 1160. The second-order valence-corrected chi connectivity index (χ2v) is 7.69. The molecule has 0 unspecified atom stereocenters. The predicted molar refractivity (Wildman–Crippen MR) is 116 cm³/mol. The minimum atomic E-state index is -2.23. The predicted octanol–water partition coefficient (Wildman–Crippen LogP) is 6.28. The summed E-state index contributed by atoms with van der Waals surface area (Å²) in [7, 11) is 1.92. The summed E-state index contributed by atoms with van der Waals surface area (Å²) < 4.78 is 43.3. The summed E-state index contributed by atoms with van der Waals surface area (Å²) in [5.41, 5.74) is 7.30. The Hall–Kier alpha value is -2.41. The van der Waals surface area contributed by atoms with E-state index in [1.54, 1.807) is 6.07 Å². The minimum absolute atomic E-state index is 0.153. The zero-order chi connectivity index (χ0) is 24.0. The lowest BCUT2D eigenvalue weighted by atomic mass is 9.90. The van der Waals surface area contributed by atoms with Crippen LogP contribution in [0.4, 0.5) is 0 Å². The highest BCUT2D eigenvalue weighted by Gasteiger charge is 2.18. The van der Waals surface area contributed by atoms with Gasteiger partial charge in [0.25, 0.3) is 0 Å². The Morgan fingerprint density at radius 3 is 2.30 bits per heavy atom. The molecule has 1 heteroatoms. The zero-order valence-electron chi connectivity index (χ0n) is 22.1. The second kappa shape index (κ2) is 7.68. The van der Waals surface area contributed by atoms with Gasteiger partial charge in [0, 0.05) is 24.0 Å². The largest absolute Gasteiger partial charge is 0.212 e. The van der Waals surface area contributed by atoms with Crippen molar-refractivity contribution in [2.24, 2.45) is 13.0 Å². The number of hydrogen-bond donors (Lipinski definition) is 0. The zero-order valence-corrected chi connectivity index (χ0v) is 17.1. The van der Waals surface area contributed by atoms with Crippen molar-refractivity contribution in [1.82, 2.24) is 0 Å². The van der Waals surface area contributed by atoms with E-state index in [-0.39, 0.29) is 5.92 Å². The summed E-state index contributed by atoms with van der Waals surface area (Å²) in [5.74, 6) is -0.153. The van der Waals surface area contributed by atoms with E-state index in [0.29, 0.717) is 16.7 Å². The molecule has 0 N–H and O–H groups in total. The van der Waals surface area contributed by atoms with Crippen LogP contribution < -0.4 is 4.57 Å². The molecule has 140 valence electrons. The van der Waals surface area contributed by atoms with E-state index < -0.39 is 13.2 Å². The summed E-state index contributed by atoms with van der Waals surface area (Å²) in [5, 5.41) is 0. The average Bonchev–Trinajstić information content (AvgIpc) is 2.69. The summed E-state index contributed by atoms with van der Waals surface area (Å²) in [6, 6.07) is 13.6. The molecule has 1 aromatic heterocycles. The molecule has 0 atom stereocenters. The third kappa shape index (κ3) is 3.98. The maximum atomic E-state index is 8.53. The van der Waals surface area contributed by atoms with Gasteiger partial charge in [0.2, 0.25) is 5.69 Å². The molecule has 0 amide bonds. The van der Waals surface area contributed by atoms with E-state index in [0.717, 1.165) is 33.5 Å². The van der Waals surface area contributed by atoms with Crippen molar-refractivity contribution in [3.05, 3.63) is 76.5 Å². The Kier molecular flexibility index (Phi) is 3.90. The third-order valence-corrected chi connectivity index (χ3v) is 5.00. The molecule has 0 saturated heterocycles. The van der Waals surface area contributed by atoms with Crippen LogP contribution in [0.2, 0.25) is 0 Å². The van der Waals surface area contributed by atoms with Gasteiger partial charge in [0.1, 0.15) is 7.05 Å². The quantitative estimate of drug-likeness (QED) is 0.480. The van der Waals surface area contributed by atoms with Crippen LogP contribution in [0.5, 0.6) is 0 Å². The monoisotopic (exact) mass is 363 g/mol. The van der Waals surface area contributed by atoms with Crippen LogP contribution in [0, 0.1) is 33.5 Å². The number of rotatable bonds is 4. The fourth-order valence-corrected chi connectivity index (χ4v) is 3.56. The first kappa shape index (κ1) is 13.7. The van der Waals surface area contributed by atoms with Gasteiger partial charge in [-0.05, 0) is 79.4 Å². The molecule has 2 aromatic carbocycles. The Balaban J connectivity index is 2.29. The number of nitrogens with zero attached hydrogens (tertiary/aromatic N) is 1. The molecule has 0 saturated carbocycles. The average molecular weight is 364 g/mol. The highest BCUT2D eigenvalue weighted by molar-refractivity contribution is 5.77. The van der Waals surface area contributed by atoms with Crippen molar-refractivity contribution in [3.8, 4) is 22.4 Å². The Morgan fingerprint density at radius 2 is 1.63 bits per heavy atom. The summed E-state index contributed by atoms with van der Waals surface area (Å²) in [4.78, 5) is 0. The van der Waals surface area contributed by atoms with Crippen molar-refractivity contribution in [3.63, 3.8) is 0 Å². The maximum Gasteiger partial charge on any atom is 0.212 e. The molecule has 0 fully saturated rings. The van der Waals surface area contributed by atoms with Crippen molar-refractivity contribution < 1.29 is 11.4 Å². The standard InChI is InChI=1S/C26H32N/c1-17(2)12-22-16-27(7)26(14-19(22)4)25-15-24(20(5)13-21(25)6)23-11-9-8-10-18(23)3/h8-11,13-17H,12H2,1-7H3/q+1/i5D3,12D2. The fourth-order valence-electron chi connectivity index (χ4n) is 3.56. The molecule has 0 radical (unpaired) electrons. The minimum Gasteiger partial charge on any atom is -0.201 e. The maximum absolute atomic E-state index is 8.53. The first-order valence-electron chi connectivity index (χ1n) is 12.0. The molecule has 0 aliphatic rings. The number of pyridine rings is 1. The lowest BCUT2D eigenvalue weighted by Crippen LogP contribution is -2.32. The molecular formula is C26H32N+. The molecule has 0 aliphatic heterocycles. The molecule has 3 aromatic rings. The van der Waals surface area contributed by atoms with Crippen LogP contribution in [-0.2, 0) is 13.4 Å². The molecule has 1 heterocycles. The van der Waals surface area contributed by atoms with Crippen LogP contribution >= 0.6 is 0 Å². The second-order valence-electron chi connectivity index (χ2n) is 7.69.